The number of hydrogen-bond acceptors (Lipinski definition) is 12. The summed E-state index contributed by atoms with van der Waals surface area (Å²) in [4.78, 5) is 0. The molecule has 0 aromatic heterocycles. The van der Waals surface area contributed by atoms with Gasteiger partial charge in [-0.05, 0) is 118 Å². The van der Waals surface area contributed by atoms with Gasteiger partial charge in [0.15, 0.2) is 0 Å². The van der Waals surface area contributed by atoms with Crippen molar-refractivity contribution in [2.45, 2.75) is 115 Å². The quantitative estimate of drug-likeness (QED) is 0.149. The Balaban J connectivity index is 1.17. The van der Waals surface area contributed by atoms with Gasteiger partial charge < -0.3 is 51.9 Å². The lowest BCUT2D eigenvalue weighted by molar-refractivity contribution is 0.260. The Morgan fingerprint density at radius 2 is 1.06 bits per heavy atom. The maximum atomic E-state index is 6.53. The van der Waals surface area contributed by atoms with Crippen molar-refractivity contribution in [3.8, 4) is 11.5 Å². The van der Waals surface area contributed by atoms with Crippen LogP contribution in [0.4, 0.5) is 0 Å². The molecule has 2 aromatic rings. The van der Waals surface area contributed by atoms with Crippen molar-refractivity contribution in [2.75, 3.05) is 26.4 Å². The lowest BCUT2D eigenvalue weighted by Gasteiger charge is -2.35. The number of epoxide rings is 2. The molecule has 2 aromatic carbocycles. The van der Waals surface area contributed by atoms with E-state index in [0.29, 0.717) is 13.2 Å². The summed E-state index contributed by atoms with van der Waals surface area (Å²) in [5.74, 6) is 1.82. The topological polar surface area (TPSA) is 117 Å². The van der Waals surface area contributed by atoms with E-state index in [1.165, 1.54) is 22.3 Å². The average molecular weight is 880 g/mol. The zero-order chi connectivity index (χ0) is 38.5. The molecule has 4 fully saturated rings. The van der Waals surface area contributed by atoms with Crippen LogP contribution >= 0.6 is 0 Å². The van der Waals surface area contributed by atoms with Crippen LogP contribution in [0.3, 0.4) is 0 Å². The Labute approximate surface area is 335 Å². The first kappa shape index (κ1) is 43.0. The zero-order valence-corrected chi connectivity index (χ0v) is 41.1. The molecule has 0 amide bonds. The summed E-state index contributed by atoms with van der Waals surface area (Å²) < 4.78 is 73.5. The number of ether oxygens (including phenoxy) is 4. The Hall–Kier alpha value is -0.625. The summed E-state index contributed by atoms with van der Waals surface area (Å²) in [6.07, 6.45) is 3.87. The fraction of sp³-hybridized carbons (Fsp3) is 0.647. The van der Waals surface area contributed by atoms with Crippen LogP contribution in [-0.2, 0) is 60.7 Å². The van der Waals surface area contributed by atoms with Crippen molar-refractivity contribution in [2.24, 2.45) is 0 Å². The summed E-state index contributed by atoms with van der Waals surface area (Å²) in [5, 5.41) is 0. The Morgan fingerprint density at radius 3 is 1.52 bits per heavy atom. The molecule has 12 nitrogen and oxygen atoms in total. The van der Waals surface area contributed by atoms with Crippen LogP contribution in [0.15, 0.2) is 36.4 Å². The smallest absolute Gasteiger partial charge is 0.365 e. The molecule has 0 bridgehead atoms. The van der Waals surface area contributed by atoms with Gasteiger partial charge in [0.25, 0.3) is 0 Å². The fourth-order valence-electron chi connectivity index (χ4n) is 6.60. The van der Waals surface area contributed by atoms with Gasteiger partial charge in [0, 0.05) is 5.41 Å². The first-order valence-corrected chi connectivity index (χ1v) is 33.8. The molecule has 295 valence electrons. The minimum absolute atomic E-state index is 0.177. The highest BCUT2D eigenvalue weighted by atomic mass is 28.5. The second-order valence-electron chi connectivity index (χ2n) is 14.8. The molecule has 4 heterocycles. The lowest BCUT2D eigenvalue weighted by atomic mass is 9.76. The molecule has 4 aliphatic rings. The molecule has 54 heavy (non-hydrogen) atoms. The predicted molar refractivity (Wildman–Crippen MR) is 217 cm³/mol. The highest BCUT2D eigenvalue weighted by molar-refractivity contribution is 6.81. The van der Waals surface area contributed by atoms with Crippen LogP contribution in [0.5, 0.6) is 11.5 Å². The van der Waals surface area contributed by atoms with Crippen molar-refractivity contribution in [1.29, 1.82) is 0 Å². The van der Waals surface area contributed by atoms with Crippen molar-refractivity contribution in [1.82, 2.24) is 0 Å². The molecule has 2 unspecified atom stereocenters. The summed E-state index contributed by atoms with van der Waals surface area (Å²) in [6, 6.07) is 15.1. The largest absolute Gasteiger partial charge is 0.491 e. The van der Waals surface area contributed by atoms with Gasteiger partial charge in [-0.25, -0.2) is 0 Å². The molecule has 4 aliphatic heterocycles. The summed E-state index contributed by atoms with van der Waals surface area (Å²) in [5.41, 5.74) is 4.54. The van der Waals surface area contributed by atoms with Crippen LogP contribution in [0.2, 0.25) is 57.9 Å². The minimum Gasteiger partial charge on any atom is -0.491 e. The van der Waals surface area contributed by atoms with Crippen molar-refractivity contribution >= 4 is 73.5 Å². The van der Waals surface area contributed by atoms with Crippen LogP contribution in [0, 0.1) is 0 Å². The van der Waals surface area contributed by atoms with E-state index in [1.54, 1.807) is 0 Å². The van der Waals surface area contributed by atoms with Gasteiger partial charge in [0.05, 0.1) is 13.2 Å². The molecule has 0 saturated carbocycles. The molecule has 0 aliphatic carbocycles. The van der Waals surface area contributed by atoms with E-state index in [2.05, 4.69) is 56.8 Å². The van der Waals surface area contributed by atoms with Gasteiger partial charge >= 0.3 is 73.5 Å². The molecule has 2 atom stereocenters. The van der Waals surface area contributed by atoms with Crippen LogP contribution < -0.4 is 9.47 Å². The Kier molecular flexibility index (Phi) is 15.5. The molecule has 4 saturated heterocycles. The van der Waals surface area contributed by atoms with E-state index in [1.807, 2.05) is 39.3 Å². The molecule has 7 radical (unpaired) electrons. The number of benzene rings is 2. The monoisotopic (exact) mass is 879 g/mol. The third-order valence-electron chi connectivity index (χ3n) is 9.51. The first-order chi connectivity index (χ1) is 25.7. The molecular weight excluding hydrogens is 825 g/mol. The third-order valence-corrected chi connectivity index (χ3v) is 30.6. The van der Waals surface area contributed by atoms with Gasteiger partial charge in [0.2, 0.25) is 0 Å². The van der Waals surface area contributed by atoms with Crippen LogP contribution in [-0.4, -0.2) is 112 Å². The molecule has 0 spiro atoms. The van der Waals surface area contributed by atoms with Crippen molar-refractivity contribution < 1.29 is 51.9 Å². The van der Waals surface area contributed by atoms with E-state index in [0.717, 1.165) is 62.5 Å². The normalized spacial score (nSPS) is 24.5. The van der Waals surface area contributed by atoms with Gasteiger partial charge in [-0.3, -0.25) is 0 Å². The second-order valence-corrected chi connectivity index (χ2v) is 31.2. The predicted octanol–water partition coefficient (Wildman–Crippen LogP) is 5.86. The highest BCUT2D eigenvalue weighted by Crippen LogP contribution is 2.38. The third kappa shape index (κ3) is 12.9. The molecular formula is C34H55O12Si8. The van der Waals surface area contributed by atoms with Gasteiger partial charge in [-0.1, -0.05) is 38.1 Å². The highest BCUT2D eigenvalue weighted by Gasteiger charge is 2.41. The molecule has 0 N–H and O–H groups in total. The maximum absolute atomic E-state index is 6.53. The van der Waals surface area contributed by atoms with E-state index in [4.69, 9.17) is 51.9 Å². The molecule has 20 heteroatoms. The van der Waals surface area contributed by atoms with E-state index >= 15 is 0 Å². The number of aryl methyl sites for hydroxylation is 2. The zero-order valence-electron chi connectivity index (χ0n) is 33.1. The molecule has 6 rings (SSSR count). The second kappa shape index (κ2) is 19.4. The number of rotatable bonds is 16. The Morgan fingerprint density at radius 1 is 0.630 bits per heavy atom. The fourth-order valence-corrected chi connectivity index (χ4v) is 27.8. The van der Waals surface area contributed by atoms with Crippen LogP contribution in [0.25, 0.3) is 0 Å². The van der Waals surface area contributed by atoms with E-state index in [9.17, 15) is 0 Å². The van der Waals surface area contributed by atoms with E-state index in [-0.39, 0.29) is 17.6 Å². The lowest BCUT2D eigenvalue weighted by Crippen LogP contribution is -2.53. The SMILES string of the molecule is C[Si]1O[Si](C)O[Si](CCCc2cc(C(C)(C)c3ccc(OCC4CO4)c(CCC[Si]4(C)O[Si](C)O[Si](C)O[Si](C)O4)c3)ccc2OCC2CO2)O[Si](C)O1. The first-order valence-electron chi connectivity index (χ1n) is 18.8. The summed E-state index contributed by atoms with van der Waals surface area (Å²) >= 11 is 0. The standard InChI is InChI=1S/C34H55O12Si8/c1-34(2,28-14-16-32(37-24-30-22-35-30)26(20-28)12-10-18-53-43-49(5)39-47(3)40-50(6)44-53)29-15-17-33(38-25-31-23-36-31)27(21-29)13-11-19-54(9)45-51(7)41-48(4)42-52(8)46-54/h14-17,20-21,30-31H,10-13,18-19,22-25H2,1-9H3. The van der Waals surface area contributed by atoms with Crippen molar-refractivity contribution in [3.63, 3.8) is 0 Å². The Bertz CT molecular complexity index is 1490. The summed E-state index contributed by atoms with van der Waals surface area (Å²) in [7, 11) is -12.3. The van der Waals surface area contributed by atoms with Gasteiger partial charge in [-0.15, -0.1) is 0 Å². The van der Waals surface area contributed by atoms with Crippen molar-refractivity contribution in [3.05, 3.63) is 58.7 Å². The minimum atomic E-state index is -2.48. The van der Waals surface area contributed by atoms with Gasteiger partial charge in [0.1, 0.15) is 36.9 Å². The van der Waals surface area contributed by atoms with Gasteiger partial charge in [-0.2, -0.15) is 0 Å². The van der Waals surface area contributed by atoms with E-state index < -0.39 is 73.5 Å². The average Bonchev–Trinajstić information content (AvgIpc) is 4.01. The maximum Gasteiger partial charge on any atom is 0.365 e. The number of hydrogen-bond donors (Lipinski definition) is 0. The summed E-state index contributed by atoms with van der Waals surface area (Å²) in [6.45, 7) is 21.6. The van der Waals surface area contributed by atoms with Crippen LogP contribution in [0.1, 0.15) is 48.9 Å².